The second-order valence-corrected chi connectivity index (χ2v) is 7.28. The summed E-state index contributed by atoms with van der Waals surface area (Å²) in [5.41, 5.74) is 4.93. The van der Waals surface area contributed by atoms with Gasteiger partial charge in [-0.1, -0.05) is 24.3 Å². The molecule has 0 amide bonds. The van der Waals surface area contributed by atoms with E-state index in [2.05, 4.69) is 40.7 Å². The largest absolute Gasteiger partial charge is 0.350 e. The lowest BCUT2D eigenvalue weighted by Gasteiger charge is -2.17. The van der Waals surface area contributed by atoms with Crippen molar-refractivity contribution in [2.75, 3.05) is 13.1 Å². The summed E-state index contributed by atoms with van der Waals surface area (Å²) in [5, 5.41) is 4.70. The maximum Gasteiger partial charge on any atom is 0.125 e. The van der Waals surface area contributed by atoms with Gasteiger partial charge in [0.2, 0.25) is 0 Å². The fourth-order valence-corrected chi connectivity index (χ4v) is 3.98. The van der Waals surface area contributed by atoms with E-state index in [-0.39, 0.29) is 5.82 Å². The van der Waals surface area contributed by atoms with Crippen LogP contribution in [0.1, 0.15) is 29.5 Å². The van der Waals surface area contributed by atoms with Gasteiger partial charge >= 0.3 is 0 Å². The van der Waals surface area contributed by atoms with Crippen LogP contribution in [0.25, 0.3) is 10.9 Å². The van der Waals surface area contributed by atoms with Crippen LogP contribution in [0.4, 0.5) is 4.39 Å². The van der Waals surface area contributed by atoms with Crippen LogP contribution < -0.4 is 5.32 Å². The quantitative estimate of drug-likeness (QED) is 0.718. The number of hydrogen-bond donors (Lipinski definition) is 1. The summed E-state index contributed by atoms with van der Waals surface area (Å²) in [5.74, 6) is -0.186. The molecule has 1 aromatic heterocycles. The van der Waals surface area contributed by atoms with Crippen molar-refractivity contribution in [2.24, 2.45) is 7.05 Å². The van der Waals surface area contributed by atoms with Crippen molar-refractivity contribution in [2.45, 2.75) is 32.5 Å². The first-order chi connectivity index (χ1) is 12.7. The molecule has 0 bridgehead atoms. The summed E-state index contributed by atoms with van der Waals surface area (Å²) in [4.78, 5) is 2.54. The third kappa shape index (κ3) is 3.67. The summed E-state index contributed by atoms with van der Waals surface area (Å²) in [6.07, 6.45) is 4.73. The van der Waals surface area contributed by atoms with Gasteiger partial charge in [-0.25, -0.2) is 4.39 Å². The summed E-state index contributed by atoms with van der Waals surface area (Å²) in [7, 11) is 1.97. The normalized spacial score (nSPS) is 15.2. The minimum absolute atomic E-state index is 0.186. The number of fused-ring (bicyclic) bond motifs is 1. The molecular formula is C22H26FN3. The average Bonchev–Trinajstić information content (AvgIpc) is 3.25. The highest BCUT2D eigenvalue weighted by molar-refractivity contribution is 5.83. The number of aryl methyl sites for hydroxylation is 1. The van der Waals surface area contributed by atoms with E-state index >= 15 is 0 Å². The third-order valence-electron chi connectivity index (χ3n) is 5.38. The van der Waals surface area contributed by atoms with E-state index in [1.807, 2.05) is 17.7 Å². The first-order valence-electron chi connectivity index (χ1n) is 9.44. The number of halogens is 1. The Bertz CT molecular complexity index is 894. The van der Waals surface area contributed by atoms with Gasteiger partial charge in [0.25, 0.3) is 0 Å². The van der Waals surface area contributed by atoms with Crippen molar-refractivity contribution in [1.29, 1.82) is 0 Å². The minimum Gasteiger partial charge on any atom is -0.350 e. The highest BCUT2D eigenvalue weighted by Crippen LogP contribution is 2.22. The average molecular weight is 351 g/mol. The Labute approximate surface area is 154 Å². The van der Waals surface area contributed by atoms with E-state index < -0.39 is 0 Å². The van der Waals surface area contributed by atoms with Crippen molar-refractivity contribution in [1.82, 2.24) is 14.8 Å². The topological polar surface area (TPSA) is 20.2 Å². The van der Waals surface area contributed by atoms with Crippen LogP contribution >= 0.6 is 0 Å². The number of nitrogens with one attached hydrogen (secondary N) is 1. The Morgan fingerprint density at radius 3 is 2.50 bits per heavy atom. The number of rotatable bonds is 6. The van der Waals surface area contributed by atoms with Crippen LogP contribution in [0.5, 0.6) is 0 Å². The Morgan fingerprint density at radius 1 is 0.962 bits per heavy atom. The van der Waals surface area contributed by atoms with Crippen molar-refractivity contribution in [3.63, 3.8) is 0 Å². The maximum absolute atomic E-state index is 13.5. The second kappa shape index (κ2) is 7.60. The van der Waals surface area contributed by atoms with Crippen LogP contribution in [0.2, 0.25) is 0 Å². The van der Waals surface area contributed by atoms with E-state index in [1.54, 1.807) is 6.07 Å². The SMILES string of the molecule is Cn1cc(CNCc2ccccc2CN2CCCC2)c2ccc(F)cc21. The highest BCUT2D eigenvalue weighted by Gasteiger charge is 2.13. The fraction of sp³-hybridized carbons (Fsp3) is 0.364. The van der Waals surface area contributed by atoms with Crippen molar-refractivity contribution in [3.8, 4) is 0 Å². The van der Waals surface area contributed by atoms with E-state index in [9.17, 15) is 4.39 Å². The van der Waals surface area contributed by atoms with Crippen molar-refractivity contribution < 1.29 is 4.39 Å². The van der Waals surface area contributed by atoms with E-state index in [0.29, 0.717) is 0 Å². The van der Waals surface area contributed by atoms with Crippen LogP contribution in [0.15, 0.2) is 48.7 Å². The van der Waals surface area contributed by atoms with E-state index in [1.165, 1.54) is 48.7 Å². The number of likely N-dealkylation sites (tertiary alicyclic amines) is 1. The molecule has 136 valence electrons. The molecule has 0 radical (unpaired) electrons. The monoisotopic (exact) mass is 351 g/mol. The third-order valence-corrected chi connectivity index (χ3v) is 5.38. The van der Waals surface area contributed by atoms with Crippen molar-refractivity contribution >= 4 is 10.9 Å². The van der Waals surface area contributed by atoms with Crippen molar-refractivity contribution in [3.05, 3.63) is 71.2 Å². The lowest BCUT2D eigenvalue weighted by atomic mass is 10.1. The molecule has 2 aromatic carbocycles. The molecule has 3 nitrogen and oxygen atoms in total. The van der Waals surface area contributed by atoms with Gasteiger partial charge in [-0.05, 0) is 60.8 Å². The molecule has 1 N–H and O–H groups in total. The van der Waals surface area contributed by atoms with Gasteiger partial charge in [0, 0.05) is 38.3 Å². The molecule has 26 heavy (non-hydrogen) atoms. The Hall–Kier alpha value is -2.17. The van der Waals surface area contributed by atoms with Crippen LogP contribution in [-0.4, -0.2) is 22.6 Å². The zero-order chi connectivity index (χ0) is 17.9. The number of nitrogens with zero attached hydrogens (tertiary/aromatic N) is 2. The van der Waals surface area contributed by atoms with Crippen LogP contribution in [-0.2, 0) is 26.7 Å². The zero-order valence-electron chi connectivity index (χ0n) is 15.3. The first kappa shape index (κ1) is 17.3. The standard InChI is InChI=1S/C22H26FN3/c1-25-15-19(21-9-8-20(23)12-22(21)25)14-24-13-17-6-2-3-7-18(17)16-26-10-4-5-11-26/h2-3,6-9,12,15,24H,4-5,10-11,13-14,16H2,1H3. The highest BCUT2D eigenvalue weighted by atomic mass is 19.1. The molecule has 0 spiro atoms. The lowest BCUT2D eigenvalue weighted by Crippen LogP contribution is -2.21. The summed E-state index contributed by atoms with van der Waals surface area (Å²) in [6.45, 7) is 5.11. The molecule has 1 saturated heterocycles. The number of benzene rings is 2. The summed E-state index contributed by atoms with van der Waals surface area (Å²) >= 11 is 0. The smallest absolute Gasteiger partial charge is 0.125 e. The molecule has 0 atom stereocenters. The minimum atomic E-state index is -0.186. The molecule has 0 aliphatic carbocycles. The van der Waals surface area contributed by atoms with Gasteiger partial charge in [0.05, 0.1) is 5.52 Å². The van der Waals surface area contributed by atoms with Gasteiger partial charge in [0.15, 0.2) is 0 Å². The predicted octanol–water partition coefficient (Wildman–Crippen LogP) is 4.20. The Balaban J connectivity index is 1.44. The summed E-state index contributed by atoms with van der Waals surface area (Å²) < 4.78 is 15.5. The van der Waals surface area contributed by atoms with Crippen LogP contribution in [0, 0.1) is 5.82 Å². The van der Waals surface area contributed by atoms with Crippen LogP contribution in [0.3, 0.4) is 0 Å². The first-order valence-corrected chi connectivity index (χ1v) is 9.44. The molecular weight excluding hydrogens is 325 g/mol. The summed E-state index contributed by atoms with van der Waals surface area (Å²) in [6, 6.07) is 13.7. The Kier molecular flexibility index (Phi) is 5.05. The van der Waals surface area contributed by atoms with Gasteiger partial charge < -0.3 is 9.88 Å². The van der Waals surface area contributed by atoms with E-state index in [0.717, 1.165) is 30.5 Å². The van der Waals surface area contributed by atoms with E-state index in [4.69, 9.17) is 0 Å². The number of aromatic nitrogens is 1. The molecule has 1 aliphatic rings. The molecule has 1 aliphatic heterocycles. The molecule has 1 fully saturated rings. The van der Waals surface area contributed by atoms with Gasteiger partial charge in [-0.15, -0.1) is 0 Å². The molecule has 0 saturated carbocycles. The maximum atomic E-state index is 13.5. The molecule has 2 heterocycles. The fourth-order valence-electron chi connectivity index (χ4n) is 3.98. The van der Waals surface area contributed by atoms with Gasteiger partial charge in [-0.3, -0.25) is 4.90 Å². The molecule has 3 aromatic rings. The van der Waals surface area contributed by atoms with Gasteiger partial charge in [0.1, 0.15) is 5.82 Å². The predicted molar refractivity (Wildman–Crippen MR) is 104 cm³/mol. The lowest BCUT2D eigenvalue weighted by molar-refractivity contribution is 0.330. The van der Waals surface area contributed by atoms with Gasteiger partial charge in [-0.2, -0.15) is 0 Å². The second-order valence-electron chi connectivity index (χ2n) is 7.28. The zero-order valence-corrected chi connectivity index (χ0v) is 15.3. The molecule has 0 unspecified atom stereocenters. The molecule has 4 heteroatoms. The number of hydrogen-bond acceptors (Lipinski definition) is 2. The molecule has 4 rings (SSSR count). The Morgan fingerprint density at radius 2 is 1.69 bits per heavy atom.